The summed E-state index contributed by atoms with van der Waals surface area (Å²) >= 11 is 1.67. The second kappa shape index (κ2) is 10.5. The van der Waals surface area contributed by atoms with E-state index in [1.165, 1.54) is 16.3 Å². The molecule has 0 radical (unpaired) electrons. The van der Waals surface area contributed by atoms with Crippen molar-refractivity contribution in [2.45, 2.75) is 22.8 Å². The lowest BCUT2D eigenvalue weighted by molar-refractivity contribution is -0.129. The number of morpholine rings is 1. The van der Waals surface area contributed by atoms with Crippen LogP contribution in [0.2, 0.25) is 0 Å². The Morgan fingerprint density at radius 1 is 1.13 bits per heavy atom. The number of hydrogen-bond acceptors (Lipinski definition) is 6. The van der Waals surface area contributed by atoms with E-state index in [-0.39, 0.29) is 23.0 Å². The standard InChI is InChI=1S/C22H28N2O5S2/c1-23(16-17-4-7-19(30-3)8-5-17)22(25)15-18-6-9-20(28-2)21(14-18)31(26,27)24-10-12-29-13-11-24/h4-9,14H,10-13,15-16H2,1-3H3. The number of likely N-dealkylation sites (N-methyl/N-ethyl adjacent to an activating group) is 1. The van der Waals surface area contributed by atoms with Gasteiger partial charge in [0, 0.05) is 31.6 Å². The molecule has 1 aliphatic rings. The molecule has 1 fully saturated rings. The molecule has 168 valence electrons. The highest BCUT2D eigenvalue weighted by atomic mass is 32.2. The molecular formula is C22H28N2O5S2. The van der Waals surface area contributed by atoms with E-state index in [1.54, 1.807) is 41.9 Å². The maximum Gasteiger partial charge on any atom is 0.246 e. The minimum absolute atomic E-state index is 0.0810. The molecule has 0 bridgehead atoms. The summed E-state index contributed by atoms with van der Waals surface area (Å²) < 4.78 is 38.2. The molecule has 2 aromatic rings. The maximum atomic E-state index is 13.1. The quantitative estimate of drug-likeness (QED) is 0.559. The number of carbonyl (C=O) groups excluding carboxylic acids is 1. The van der Waals surface area contributed by atoms with Crippen molar-refractivity contribution in [2.75, 3.05) is 46.7 Å². The SMILES string of the molecule is COc1ccc(CC(=O)N(C)Cc2ccc(SC)cc2)cc1S(=O)(=O)N1CCOCC1. The van der Waals surface area contributed by atoms with Crippen molar-refractivity contribution in [2.24, 2.45) is 0 Å². The molecule has 1 saturated heterocycles. The first-order chi connectivity index (χ1) is 14.8. The molecule has 0 saturated carbocycles. The van der Waals surface area contributed by atoms with Crippen LogP contribution in [0.3, 0.4) is 0 Å². The Morgan fingerprint density at radius 3 is 2.39 bits per heavy atom. The van der Waals surface area contributed by atoms with E-state index < -0.39 is 10.0 Å². The van der Waals surface area contributed by atoms with Gasteiger partial charge in [-0.05, 0) is 41.6 Å². The highest BCUT2D eigenvalue weighted by Crippen LogP contribution is 2.29. The summed E-state index contributed by atoms with van der Waals surface area (Å²) in [5, 5.41) is 0. The van der Waals surface area contributed by atoms with Crippen molar-refractivity contribution in [3.05, 3.63) is 53.6 Å². The summed E-state index contributed by atoms with van der Waals surface area (Å²) in [5.74, 6) is 0.179. The molecule has 2 aromatic carbocycles. The van der Waals surface area contributed by atoms with E-state index in [0.29, 0.717) is 38.4 Å². The summed E-state index contributed by atoms with van der Waals surface area (Å²) in [7, 11) is -0.548. The smallest absolute Gasteiger partial charge is 0.246 e. The van der Waals surface area contributed by atoms with Crippen LogP contribution < -0.4 is 4.74 Å². The van der Waals surface area contributed by atoms with Crippen molar-refractivity contribution in [3.63, 3.8) is 0 Å². The molecular weight excluding hydrogens is 436 g/mol. The van der Waals surface area contributed by atoms with Crippen LogP contribution >= 0.6 is 11.8 Å². The Hall–Kier alpha value is -2.07. The van der Waals surface area contributed by atoms with E-state index in [9.17, 15) is 13.2 Å². The lowest BCUT2D eigenvalue weighted by Gasteiger charge is -2.27. The van der Waals surface area contributed by atoms with Gasteiger partial charge in [-0.3, -0.25) is 4.79 Å². The first-order valence-electron chi connectivity index (χ1n) is 9.97. The lowest BCUT2D eigenvalue weighted by Crippen LogP contribution is -2.40. The first kappa shape index (κ1) is 23.6. The number of sulfonamides is 1. The van der Waals surface area contributed by atoms with Gasteiger partial charge in [-0.25, -0.2) is 8.42 Å². The zero-order chi connectivity index (χ0) is 22.4. The van der Waals surface area contributed by atoms with E-state index in [2.05, 4.69) is 0 Å². The third-order valence-corrected chi connectivity index (χ3v) is 7.84. The molecule has 7 nitrogen and oxygen atoms in total. The molecule has 0 N–H and O–H groups in total. The average molecular weight is 465 g/mol. The molecule has 9 heteroatoms. The van der Waals surface area contributed by atoms with Crippen LogP contribution in [0, 0.1) is 0 Å². The Balaban J connectivity index is 1.74. The molecule has 0 atom stereocenters. The molecule has 31 heavy (non-hydrogen) atoms. The van der Waals surface area contributed by atoms with Crippen molar-refractivity contribution in [3.8, 4) is 5.75 Å². The van der Waals surface area contributed by atoms with Gasteiger partial charge in [-0.15, -0.1) is 11.8 Å². The van der Waals surface area contributed by atoms with Crippen LogP contribution in [0.25, 0.3) is 0 Å². The van der Waals surface area contributed by atoms with Crippen LogP contribution in [0.1, 0.15) is 11.1 Å². The molecule has 1 amide bonds. The highest BCUT2D eigenvalue weighted by molar-refractivity contribution is 7.98. The van der Waals surface area contributed by atoms with Crippen molar-refractivity contribution < 1.29 is 22.7 Å². The number of amides is 1. The summed E-state index contributed by atoms with van der Waals surface area (Å²) in [6.07, 6.45) is 2.13. The number of thioether (sulfide) groups is 1. The third kappa shape index (κ3) is 5.79. The number of ether oxygens (including phenoxy) is 2. The van der Waals surface area contributed by atoms with Crippen LogP contribution in [0.4, 0.5) is 0 Å². The van der Waals surface area contributed by atoms with Crippen molar-refractivity contribution >= 4 is 27.7 Å². The minimum Gasteiger partial charge on any atom is -0.495 e. The minimum atomic E-state index is -3.74. The largest absolute Gasteiger partial charge is 0.495 e. The average Bonchev–Trinajstić information content (AvgIpc) is 2.80. The fraction of sp³-hybridized carbons (Fsp3) is 0.409. The summed E-state index contributed by atoms with van der Waals surface area (Å²) in [5.41, 5.74) is 1.67. The van der Waals surface area contributed by atoms with Gasteiger partial charge in [-0.2, -0.15) is 4.31 Å². The molecule has 0 spiro atoms. The van der Waals surface area contributed by atoms with E-state index in [1.807, 2.05) is 30.5 Å². The Kier molecular flexibility index (Phi) is 7.99. The monoisotopic (exact) mass is 464 g/mol. The topological polar surface area (TPSA) is 76.2 Å². The summed E-state index contributed by atoms with van der Waals surface area (Å²) in [4.78, 5) is 15.7. The van der Waals surface area contributed by atoms with Crippen LogP contribution in [0.5, 0.6) is 5.75 Å². The predicted octanol–water partition coefficient (Wildman–Crippen LogP) is 2.64. The van der Waals surface area contributed by atoms with Gasteiger partial charge in [0.25, 0.3) is 0 Å². The zero-order valence-corrected chi connectivity index (χ0v) is 19.7. The third-order valence-electron chi connectivity index (χ3n) is 5.18. The zero-order valence-electron chi connectivity index (χ0n) is 18.0. The number of hydrogen-bond donors (Lipinski definition) is 0. The number of rotatable bonds is 8. The normalized spacial score (nSPS) is 14.9. The Bertz CT molecular complexity index is 1000. The fourth-order valence-electron chi connectivity index (χ4n) is 3.36. The van der Waals surface area contributed by atoms with Crippen LogP contribution in [0.15, 0.2) is 52.3 Å². The fourth-order valence-corrected chi connectivity index (χ4v) is 5.38. The van der Waals surface area contributed by atoms with E-state index in [0.717, 1.165) is 5.56 Å². The molecule has 3 rings (SSSR count). The van der Waals surface area contributed by atoms with Gasteiger partial charge in [0.15, 0.2) is 0 Å². The summed E-state index contributed by atoms with van der Waals surface area (Å²) in [6, 6.07) is 13.0. The molecule has 0 unspecified atom stereocenters. The second-order valence-electron chi connectivity index (χ2n) is 7.28. The van der Waals surface area contributed by atoms with Crippen LogP contribution in [-0.4, -0.2) is 70.2 Å². The van der Waals surface area contributed by atoms with Gasteiger partial charge in [0.1, 0.15) is 10.6 Å². The molecule has 1 heterocycles. The number of benzene rings is 2. The Morgan fingerprint density at radius 2 is 1.77 bits per heavy atom. The predicted molar refractivity (Wildman–Crippen MR) is 121 cm³/mol. The first-order valence-corrected chi connectivity index (χ1v) is 12.6. The van der Waals surface area contributed by atoms with Gasteiger partial charge in [0.05, 0.1) is 26.7 Å². The number of nitrogens with zero attached hydrogens (tertiary/aromatic N) is 2. The highest BCUT2D eigenvalue weighted by Gasteiger charge is 2.29. The summed E-state index contributed by atoms with van der Waals surface area (Å²) in [6.45, 7) is 1.81. The van der Waals surface area contributed by atoms with Gasteiger partial charge in [-0.1, -0.05) is 18.2 Å². The van der Waals surface area contributed by atoms with Gasteiger partial charge in [0.2, 0.25) is 15.9 Å². The number of carbonyl (C=O) groups is 1. The van der Waals surface area contributed by atoms with E-state index in [4.69, 9.17) is 9.47 Å². The van der Waals surface area contributed by atoms with Crippen LogP contribution in [-0.2, 0) is 32.5 Å². The van der Waals surface area contributed by atoms with E-state index >= 15 is 0 Å². The second-order valence-corrected chi connectivity index (χ2v) is 10.1. The maximum absolute atomic E-state index is 13.1. The van der Waals surface area contributed by atoms with Crippen molar-refractivity contribution in [1.82, 2.24) is 9.21 Å². The van der Waals surface area contributed by atoms with Crippen molar-refractivity contribution in [1.29, 1.82) is 0 Å². The van der Waals surface area contributed by atoms with Gasteiger partial charge >= 0.3 is 0 Å². The number of methoxy groups -OCH3 is 1. The Labute approximate surface area is 188 Å². The molecule has 0 aromatic heterocycles. The molecule has 1 aliphatic heterocycles. The molecule has 0 aliphatic carbocycles. The lowest BCUT2D eigenvalue weighted by atomic mass is 10.1. The van der Waals surface area contributed by atoms with Gasteiger partial charge < -0.3 is 14.4 Å².